The van der Waals surface area contributed by atoms with Crippen LogP contribution in [0.5, 0.6) is 0 Å². The zero-order valence-corrected chi connectivity index (χ0v) is 21.0. The van der Waals surface area contributed by atoms with Gasteiger partial charge in [-0.15, -0.1) is 0 Å². The highest BCUT2D eigenvalue weighted by molar-refractivity contribution is 6.21. The Hall–Kier alpha value is -1.77. The van der Waals surface area contributed by atoms with Crippen LogP contribution in [0.2, 0.25) is 0 Å². The molecule has 1 saturated carbocycles. The quantitative estimate of drug-likeness (QED) is 0.278. The largest absolute Gasteiger partial charge is 0.294 e. The van der Waals surface area contributed by atoms with Gasteiger partial charge in [-0.3, -0.25) is 4.79 Å². The maximum atomic E-state index is 12.7. The Morgan fingerprint density at radius 2 is 1.69 bits per heavy atom. The van der Waals surface area contributed by atoms with Gasteiger partial charge in [-0.2, -0.15) is 0 Å². The number of unbranched alkanes of at least 4 members (excludes halogenated alkanes) is 5. The van der Waals surface area contributed by atoms with Gasteiger partial charge >= 0.3 is 0 Å². The van der Waals surface area contributed by atoms with E-state index in [2.05, 4.69) is 43.7 Å². The van der Waals surface area contributed by atoms with Gasteiger partial charge in [0.25, 0.3) is 0 Å². The molecule has 0 spiro atoms. The first-order valence-corrected chi connectivity index (χ1v) is 13.1. The van der Waals surface area contributed by atoms with Gasteiger partial charge in [0, 0.05) is 18.8 Å². The molecule has 1 fully saturated rings. The number of carbonyl (C=O) groups is 1. The highest BCUT2D eigenvalue weighted by atomic mass is 16.1. The van der Waals surface area contributed by atoms with Gasteiger partial charge in [0.1, 0.15) is 0 Å². The number of allylic oxidation sites excluding steroid dienone is 4. The minimum absolute atomic E-state index is 0.165. The Morgan fingerprint density at radius 3 is 2.34 bits per heavy atom. The number of ketones is 1. The predicted molar refractivity (Wildman–Crippen MR) is 134 cm³/mol. The molecule has 2 atom stereocenters. The molecule has 176 valence electrons. The molecule has 0 saturated heterocycles. The Kier molecular flexibility index (Phi) is 9.25. The van der Waals surface area contributed by atoms with Crippen LogP contribution in [0.15, 0.2) is 30.1 Å². The third-order valence-electron chi connectivity index (χ3n) is 7.62. The van der Waals surface area contributed by atoms with Crippen molar-refractivity contribution < 1.29 is 4.79 Å². The van der Waals surface area contributed by atoms with Gasteiger partial charge < -0.3 is 0 Å². The molecule has 2 aliphatic rings. The van der Waals surface area contributed by atoms with E-state index in [-0.39, 0.29) is 5.78 Å². The summed E-state index contributed by atoms with van der Waals surface area (Å²) < 4.78 is 0. The lowest BCUT2D eigenvalue weighted by Crippen LogP contribution is -2.10. The molecule has 0 aliphatic heterocycles. The summed E-state index contributed by atoms with van der Waals surface area (Å²) >= 11 is 0. The van der Waals surface area contributed by atoms with Gasteiger partial charge in [-0.25, -0.2) is 9.97 Å². The Morgan fingerprint density at radius 1 is 1.00 bits per heavy atom. The molecule has 0 bridgehead atoms. The zero-order chi connectivity index (χ0) is 23.0. The first kappa shape index (κ1) is 24.9. The highest BCUT2D eigenvalue weighted by Gasteiger charge is 2.44. The van der Waals surface area contributed by atoms with Crippen LogP contribution in [0.4, 0.5) is 0 Å². The van der Waals surface area contributed by atoms with Crippen LogP contribution in [0.3, 0.4) is 0 Å². The van der Waals surface area contributed by atoms with Crippen molar-refractivity contribution in [2.75, 3.05) is 0 Å². The topological polar surface area (TPSA) is 42.9 Å². The van der Waals surface area contributed by atoms with Gasteiger partial charge in [0.05, 0.1) is 5.57 Å². The highest BCUT2D eigenvalue weighted by Crippen LogP contribution is 2.54. The molecule has 1 aromatic rings. The fraction of sp³-hybridized carbons (Fsp3) is 0.690. The third-order valence-corrected chi connectivity index (χ3v) is 7.62. The molecular formula is C29H44N2O. The molecule has 3 nitrogen and oxygen atoms in total. The Labute approximate surface area is 196 Å². The number of nitrogens with zero attached hydrogens (tertiary/aromatic N) is 2. The van der Waals surface area contributed by atoms with Crippen molar-refractivity contribution in [1.82, 2.24) is 9.97 Å². The van der Waals surface area contributed by atoms with Crippen LogP contribution >= 0.6 is 0 Å². The molecule has 0 N–H and O–H groups in total. The maximum absolute atomic E-state index is 12.7. The van der Waals surface area contributed by atoms with Crippen molar-refractivity contribution in [3.05, 3.63) is 41.5 Å². The van der Waals surface area contributed by atoms with Crippen molar-refractivity contribution >= 4 is 11.4 Å². The minimum Gasteiger partial charge on any atom is -0.294 e. The number of aryl methyl sites for hydroxylation is 1. The average Bonchev–Trinajstić information content (AvgIpc) is 3.40. The van der Waals surface area contributed by atoms with E-state index in [1.54, 1.807) is 0 Å². The fourth-order valence-electron chi connectivity index (χ4n) is 4.89. The molecular weight excluding hydrogens is 392 g/mol. The van der Waals surface area contributed by atoms with E-state index in [1.165, 1.54) is 75.3 Å². The molecule has 0 aromatic carbocycles. The first-order valence-electron chi connectivity index (χ1n) is 13.1. The monoisotopic (exact) mass is 436 g/mol. The van der Waals surface area contributed by atoms with E-state index >= 15 is 0 Å². The molecule has 1 aromatic heterocycles. The fourth-order valence-corrected chi connectivity index (χ4v) is 4.89. The van der Waals surface area contributed by atoms with Crippen LogP contribution in [0, 0.1) is 17.3 Å². The van der Waals surface area contributed by atoms with E-state index in [0.717, 1.165) is 24.7 Å². The zero-order valence-electron chi connectivity index (χ0n) is 21.0. The van der Waals surface area contributed by atoms with Crippen molar-refractivity contribution in [3.63, 3.8) is 0 Å². The van der Waals surface area contributed by atoms with Crippen molar-refractivity contribution in [2.24, 2.45) is 17.3 Å². The van der Waals surface area contributed by atoms with E-state index in [0.29, 0.717) is 23.2 Å². The molecule has 3 heteroatoms. The third kappa shape index (κ3) is 7.67. The molecule has 32 heavy (non-hydrogen) atoms. The maximum Gasteiger partial charge on any atom is 0.170 e. The summed E-state index contributed by atoms with van der Waals surface area (Å²) in [7, 11) is 0. The minimum atomic E-state index is 0.165. The summed E-state index contributed by atoms with van der Waals surface area (Å²) in [6.45, 7) is 9.39. The Balaban J connectivity index is 1.42. The van der Waals surface area contributed by atoms with Crippen molar-refractivity contribution in [3.8, 4) is 0 Å². The van der Waals surface area contributed by atoms with Gasteiger partial charge in [-0.1, -0.05) is 77.9 Å². The number of rotatable bonds is 14. The van der Waals surface area contributed by atoms with Crippen LogP contribution in [0.25, 0.3) is 5.57 Å². The molecule has 1 heterocycles. The number of Topliss-reactive ketones (excluding diaryl/α,β-unsaturated/α-hetero) is 1. The number of aromatic nitrogens is 2. The smallest absolute Gasteiger partial charge is 0.170 e. The normalized spacial score (nSPS) is 20.6. The lowest BCUT2D eigenvalue weighted by molar-refractivity contribution is -0.113. The summed E-state index contributed by atoms with van der Waals surface area (Å²) in [5, 5.41) is 0. The first-order chi connectivity index (χ1) is 15.4. The molecule has 1 unspecified atom stereocenters. The number of hydrogen-bond donors (Lipinski definition) is 0. The van der Waals surface area contributed by atoms with Crippen LogP contribution < -0.4 is 0 Å². The summed E-state index contributed by atoms with van der Waals surface area (Å²) in [6, 6.07) is 0. The van der Waals surface area contributed by atoms with E-state index in [4.69, 9.17) is 0 Å². The summed E-state index contributed by atoms with van der Waals surface area (Å²) in [4.78, 5) is 21.8. The van der Waals surface area contributed by atoms with E-state index in [9.17, 15) is 4.79 Å². The van der Waals surface area contributed by atoms with Crippen LogP contribution in [-0.4, -0.2) is 15.8 Å². The Bertz CT molecular complexity index is 803. The van der Waals surface area contributed by atoms with Crippen LogP contribution in [0.1, 0.15) is 116 Å². The van der Waals surface area contributed by atoms with Crippen molar-refractivity contribution in [1.29, 1.82) is 0 Å². The molecule has 2 aliphatic carbocycles. The summed E-state index contributed by atoms with van der Waals surface area (Å²) in [5.41, 5.74) is 3.70. The SMILES string of the molecule is CCCCCCCCc1cnc(C2=CC=C(CC[C@@H](C)CCC3CC3(C)C)CC2=O)nc1. The van der Waals surface area contributed by atoms with E-state index in [1.807, 2.05) is 18.5 Å². The lowest BCUT2D eigenvalue weighted by Gasteiger charge is -2.16. The number of carbonyl (C=O) groups excluding carboxylic acids is 1. The van der Waals surface area contributed by atoms with E-state index < -0.39 is 0 Å². The molecule has 0 radical (unpaired) electrons. The summed E-state index contributed by atoms with van der Waals surface area (Å²) in [5.74, 6) is 2.41. The van der Waals surface area contributed by atoms with Gasteiger partial charge in [-0.05, 0) is 67.4 Å². The second-order valence-electron chi connectivity index (χ2n) is 11.0. The van der Waals surface area contributed by atoms with Crippen LogP contribution in [-0.2, 0) is 11.2 Å². The lowest BCUT2D eigenvalue weighted by atomic mass is 9.89. The molecule has 0 amide bonds. The average molecular weight is 437 g/mol. The second kappa shape index (κ2) is 11.9. The second-order valence-corrected chi connectivity index (χ2v) is 11.0. The number of hydrogen-bond acceptors (Lipinski definition) is 3. The summed E-state index contributed by atoms with van der Waals surface area (Å²) in [6.07, 6.45) is 23.5. The van der Waals surface area contributed by atoms with Gasteiger partial charge in [0.2, 0.25) is 0 Å². The standard InChI is InChI=1S/C29H44N2O/c1-5-6-7-8-9-10-11-24-20-30-28(31-21-24)26-17-15-23(18-27(26)32)14-12-22(2)13-16-25-19-29(25,3)4/h15,17,20-22,25H,5-14,16,18-19H2,1-4H3/t22-,25?/m1/s1. The van der Waals surface area contributed by atoms with Crippen molar-refractivity contribution in [2.45, 2.75) is 111 Å². The van der Waals surface area contributed by atoms with Gasteiger partial charge in [0.15, 0.2) is 11.6 Å². The predicted octanol–water partition coefficient (Wildman–Crippen LogP) is 7.90. The molecule has 3 rings (SSSR count).